The van der Waals surface area contributed by atoms with Crippen LogP contribution in [0.1, 0.15) is 0 Å². The second kappa shape index (κ2) is 6.63. The van der Waals surface area contributed by atoms with Crippen LogP contribution in [0.2, 0.25) is 0 Å². The first-order valence-electron chi connectivity index (χ1n) is 6.86. The van der Waals surface area contributed by atoms with Crippen LogP contribution in [0, 0.1) is 5.92 Å². The molecule has 2 rings (SSSR count). The topological polar surface area (TPSA) is 94.2 Å². The van der Waals surface area contributed by atoms with Crippen molar-refractivity contribution in [2.45, 2.75) is 0 Å². The Labute approximate surface area is 135 Å². The third-order valence-corrected chi connectivity index (χ3v) is 4.86. The highest BCUT2D eigenvalue weighted by molar-refractivity contribution is 7.88. The maximum Gasteiger partial charge on any atom is 0.230 e. The molecule has 0 aromatic heterocycles. The molecule has 1 aliphatic heterocycles. The normalized spacial score (nSPS) is 15.7. The van der Waals surface area contributed by atoms with Gasteiger partial charge in [0.15, 0.2) is 11.5 Å². The molecule has 0 bridgehead atoms. The average molecular weight is 344 g/mol. The number of ether oxygens (including phenoxy) is 3. The molecule has 1 fully saturated rings. The summed E-state index contributed by atoms with van der Waals surface area (Å²) < 4.78 is 39.6. The highest BCUT2D eigenvalue weighted by atomic mass is 32.2. The molecule has 23 heavy (non-hydrogen) atoms. The SMILES string of the molecule is COc1cc(NC(=O)C2CN(S(C)(=O)=O)C2)cc(OC)c1OC. The van der Waals surface area contributed by atoms with E-state index < -0.39 is 10.0 Å². The number of sulfonamides is 1. The Morgan fingerprint density at radius 2 is 1.65 bits per heavy atom. The lowest BCUT2D eigenvalue weighted by Gasteiger charge is -2.35. The number of amides is 1. The molecule has 1 amide bonds. The van der Waals surface area contributed by atoms with Crippen LogP contribution in [0.5, 0.6) is 17.2 Å². The van der Waals surface area contributed by atoms with E-state index in [0.717, 1.165) is 6.26 Å². The third-order valence-electron chi connectivity index (χ3n) is 3.62. The zero-order valence-corrected chi connectivity index (χ0v) is 14.3. The number of nitrogens with one attached hydrogen (secondary N) is 1. The zero-order valence-electron chi connectivity index (χ0n) is 13.5. The van der Waals surface area contributed by atoms with Crippen molar-refractivity contribution in [3.8, 4) is 17.2 Å². The van der Waals surface area contributed by atoms with Crippen LogP contribution in [-0.4, -0.2) is 59.3 Å². The van der Waals surface area contributed by atoms with Crippen LogP contribution in [0.25, 0.3) is 0 Å². The number of benzene rings is 1. The van der Waals surface area contributed by atoms with Crippen molar-refractivity contribution in [3.05, 3.63) is 12.1 Å². The molecule has 1 N–H and O–H groups in total. The lowest BCUT2D eigenvalue weighted by atomic mass is 10.0. The molecule has 0 saturated carbocycles. The number of nitrogens with zero attached hydrogens (tertiary/aromatic N) is 1. The van der Waals surface area contributed by atoms with Crippen molar-refractivity contribution < 1.29 is 27.4 Å². The second-order valence-corrected chi connectivity index (χ2v) is 7.16. The van der Waals surface area contributed by atoms with Crippen LogP contribution in [-0.2, 0) is 14.8 Å². The molecular formula is C14H20N2O6S. The molecule has 128 valence electrons. The first kappa shape index (κ1) is 17.4. The fourth-order valence-electron chi connectivity index (χ4n) is 2.27. The van der Waals surface area contributed by atoms with E-state index in [-0.39, 0.29) is 24.9 Å². The van der Waals surface area contributed by atoms with Crippen LogP contribution in [0.15, 0.2) is 12.1 Å². The first-order chi connectivity index (χ1) is 10.8. The quantitative estimate of drug-likeness (QED) is 0.810. The van der Waals surface area contributed by atoms with E-state index in [2.05, 4.69) is 5.32 Å². The van der Waals surface area contributed by atoms with Gasteiger partial charge in [0, 0.05) is 30.9 Å². The molecule has 0 spiro atoms. The number of carbonyl (C=O) groups is 1. The predicted molar refractivity (Wildman–Crippen MR) is 84.6 cm³/mol. The molecule has 1 aromatic carbocycles. The lowest BCUT2D eigenvalue weighted by molar-refractivity contribution is -0.122. The van der Waals surface area contributed by atoms with E-state index in [4.69, 9.17) is 14.2 Å². The summed E-state index contributed by atoms with van der Waals surface area (Å²) in [7, 11) is 1.22. The molecule has 0 radical (unpaired) electrons. The van der Waals surface area contributed by atoms with Gasteiger partial charge in [0.25, 0.3) is 0 Å². The van der Waals surface area contributed by atoms with Crippen molar-refractivity contribution >= 4 is 21.6 Å². The Kier molecular flexibility index (Phi) is 5.00. The minimum Gasteiger partial charge on any atom is -0.493 e. The average Bonchev–Trinajstić information content (AvgIpc) is 2.42. The number of hydrogen-bond acceptors (Lipinski definition) is 6. The van der Waals surface area contributed by atoms with E-state index in [1.54, 1.807) is 12.1 Å². The molecule has 0 aliphatic carbocycles. The largest absolute Gasteiger partial charge is 0.493 e. The van der Waals surface area contributed by atoms with Gasteiger partial charge in [-0.1, -0.05) is 0 Å². The minimum atomic E-state index is -3.24. The van der Waals surface area contributed by atoms with Gasteiger partial charge in [-0.2, -0.15) is 0 Å². The Morgan fingerprint density at radius 1 is 1.13 bits per heavy atom. The Bertz CT molecular complexity index is 672. The van der Waals surface area contributed by atoms with E-state index in [1.807, 2.05) is 0 Å². The van der Waals surface area contributed by atoms with Gasteiger partial charge in [0.1, 0.15) is 0 Å². The maximum atomic E-state index is 12.2. The van der Waals surface area contributed by atoms with Crippen molar-refractivity contribution in [1.29, 1.82) is 0 Å². The van der Waals surface area contributed by atoms with Crippen LogP contribution < -0.4 is 19.5 Å². The first-order valence-corrected chi connectivity index (χ1v) is 8.71. The summed E-state index contributed by atoms with van der Waals surface area (Å²) in [5.74, 6) is 0.657. The van der Waals surface area contributed by atoms with Crippen molar-refractivity contribution in [2.24, 2.45) is 5.92 Å². The smallest absolute Gasteiger partial charge is 0.230 e. The monoisotopic (exact) mass is 344 g/mol. The number of anilines is 1. The van der Waals surface area contributed by atoms with Gasteiger partial charge in [0.2, 0.25) is 21.7 Å². The predicted octanol–water partition coefficient (Wildman–Crippen LogP) is 0.542. The van der Waals surface area contributed by atoms with Gasteiger partial charge in [-0.15, -0.1) is 0 Å². The molecule has 1 heterocycles. The summed E-state index contributed by atoms with van der Waals surface area (Å²) >= 11 is 0. The molecule has 0 atom stereocenters. The molecule has 1 aromatic rings. The molecule has 1 saturated heterocycles. The summed E-state index contributed by atoms with van der Waals surface area (Å²) in [5, 5.41) is 2.74. The van der Waals surface area contributed by atoms with Gasteiger partial charge in [-0.05, 0) is 0 Å². The molecule has 8 nitrogen and oxygen atoms in total. The Hall–Kier alpha value is -2.00. The summed E-state index contributed by atoms with van der Waals surface area (Å²) in [4.78, 5) is 12.2. The van der Waals surface area contributed by atoms with Crippen LogP contribution in [0.4, 0.5) is 5.69 Å². The zero-order chi connectivity index (χ0) is 17.2. The lowest BCUT2D eigenvalue weighted by Crippen LogP contribution is -2.53. The van der Waals surface area contributed by atoms with E-state index in [0.29, 0.717) is 22.9 Å². The minimum absolute atomic E-state index is 0.190. The fraction of sp³-hybridized carbons (Fsp3) is 0.500. The maximum absolute atomic E-state index is 12.2. The number of hydrogen-bond donors (Lipinski definition) is 1. The number of rotatable bonds is 6. The number of carbonyl (C=O) groups excluding carboxylic acids is 1. The summed E-state index contributed by atoms with van der Waals surface area (Å²) in [6.07, 6.45) is 1.13. The van der Waals surface area contributed by atoms with Crippen molar-refractivity contribution in [3.63, 3.8) is 0 Å². The highest BCUT2D eigenvalue weighted by Crippen LogP contribution is 2.40. The molecule has 0 unspecified atom stereocenters. The van der Waals surface area contributed by atoms with Crippen LogP contribution in [0.3, 0.4) is 0 Å². The molecule has 1 aliphatic rings. The van der Waals surface area contributed by atoms with Gasteiger partial charge in [0.05, 0.1) is 33.5 Å². The highest BCUT2D eigenvalue weighted by Gasteiger charge is 2.37. The standard InChI is InChI=1S/C14H20N2O6S/c1-20-11-5-10(6-12(21-2)13(11)22-3)15-14(17)9-7-16(8-9)23(4,18)19/h5-6,9H,7-8H2,1-4H3,(H,15,17). The summed E-state index contributed by atoms with van der Waals surface area (Å²) in [6.45, 7) is 0.379. The van der Waals surface area contributed by atoms with E-state index >= 15 is 0 Å². The van der Waals surface area contributed by atoms with Gasteiger partial charge in [-0.25, -0.2) is 12.7 Å². The number of methoxy groups -OCH3 is 3. The van der Waals surface area contributed by atoms with Crippen molar-refractivity contribution in [2.75, 3.05) is 46.0 Å². The summed E-state index contributed by atoms with van der Waals surface area (Å²) in [6, 6.07) is 3.23. The Balaban J connectivity index is 2.10. The van der Waals surface area contributed by atoms with E-state index in [9.17, 15) is 13.2 Å². The van der Waals surface area contributed by atoms with Crippen molar-refractivity contribution in [1.82, 2.24) is 4.31 Å². The van der Waals surface area contributed by atoms with Gasteiger partial charge < -0.3 is 19.5 Å². The van der Waals surface area contributed by atoms with Gasteiger partial charge >= 0.3 is 0 Å². The summed E-state index contributed by atoms with van der Waals surface area (Å²) in [5.41, 5.74) is 0.488. The van der Waals surface area contributed by atoms with E-state index in [1.165, 1.54) is 25.6 Å². The second-order valence-electron chi connectivity index (χ2n) is 5.18. The molecule has 9 heteroatoms. The van der Waals surface area contributed by atoms with Crippen LogP contribution >= 0.6 is 0 Å². The molecular weight excluding hydrogens is 324 g/mol. The third kappa shape index (κ3) is 3.67. The fourth-order valence-corrected chi connectivity index (χ4v) is 3.17. The Morgan fingerprint density at radius 3 is 2.04 bits per heavy atom. The van der Waals surface area contributed by atoms with Gasteiger partial charge in [-0.3, -0.25) is 4.79 Å².